The van der Waals surface area contributed by atoms with Crippen molar-refractivity contribution in [1.29, 1.82) is 0 Å². The standard InChI is InChI=1S/C18H13N3O/c22-18-16-12-19-11-15(13-7-3-1-4-8-13)17(16)20-21(18)14-9-5-2-6-10-14/h1-12,19H. The van der Waals surface area contributed by atoms with Crippen LogP contribution in [0.2, 0.25) is 0 Å². The van der Waals surface area contributed by atoms with Gasteiger partial charge in [-0.05, 0) is 17.7 Å². The summed E-state index contributed by atoms with van der Waals surface area (Å²) in [5, 5.41) is 4.54. The van der Waals surface area contributed by atoms with Crippen LogP contribution in [0.25, 0.3) is 28.1 Å². The van der Waals surface area contributed by atoms with E-state index in [1.165, 1.54) is 4.68 Å². The number of aromatic amines is 1. The predicted molar refractivity (Wildman–Crippen MR) is 86.2 cm³/mol. The third-order valence-electron chi connectivity index (χ3n) is 3.67. The fourth-order valence-electron chi connectivity index (χ4n) is 2.60. The first-order valence-corrected chi connectivity index (χ1v) is 7.05. The summed E-state index contributed by atoms with van der Waals surface area (Å²) in [7, 11) is 0. The number of nitrogens with one attached hydrogen (secondary N) is 1. The van der Waals surface area contributed by atoms with Gasteiger partial charge < -0.3 is 4.98 Å². The van der Waals surface area contributed by atoms with Gasteiger partial charge in [0.15, 0.2) is 0 Å². The van der Waals surface area contributed by atoms with Crippen LogP contribution in [0.4, 0.5) is 0 Å². The van der Waals surface area contributed by atoms with Gasteiger partial charge in [-0.2, -0.15) is 9.78 Å². The second-order valence-electron chi connectivity index (χ2n) is 5.05. The van der Waals surface area contributed by atoms with E-state index in [-0.39, 0.29) is 5.56 Å². The van der Waals surface area contributed by atoms with E-state index in [1.54, 1.807) is 6.20 Å². The van der Waals surface area contributed by atoms with Crippen LogP contribution in [0.1, 0.15) is 0 Å². The fraction of sp³-hybridized carbons (Fsp3) is 0. The molecule has 0 aliphatic carbocycles. The van der Waals surface area contributed by atoms with Crippen LogP contribution >= 0.6 is 0 Å². The van der Waals surface area contributed by atoms with Crippen molar-refractivity contribution in [3.63, 3.8) is 0 Å². The van der Waals surface area contributed by atoms with E-state index in [0.29, 0.717) is 11.3 Å². The molecular formula is C18H13N3O. The molecule has 4 heteroatoms. The number of fused-ring (bicyclic) bond motifs is 1. The Labute approximate surface area is 127 Å². The van der Waals surface area contributed by atoms with Crippen molar-refractivity contribution >= 4 is 0 Å². The molecule has 22 heavy (non-hydrogen) atoms. The topological polar surface area (TPSA) is 50.7 Å². The zero-order valence-electron chi connectivity index (χ0n) is 11.7. The third kappa shape index (κ3) is 1.93. The molecule has 0 radical (unpaired) electrons. The normalized spacial score (nSPS) is 10.9. The summed E-state index contributed by atoms with van der Waals surface area (Å²) in [4.78, 5) is 15.6. The van der Waals surface area contributed by atoms with Gasteiger partial charge in [-0.1, -0.05) is 48.5 Å². The lowest BCUT2D eigenvalue weighted by Crippen LogP contribution is -2.14. The molecule has 0 fully saturated rings. The van der Waals surface area contributed by atoms with Crippen molar-refractivity contribution in [3.05, 3.63) is 83.4 Å². The van der Waals surface area contributed by atoms with Crippen LogP contribution in [0.15, 0.2) is 77.9 Å². The molecule has 0 bridgehead atoms. The molecule has 2 heterocycles. The summed E-state index contributed by atoms with van der Waals surface area (Å²) in [5.74, 6) is 0. The number of para-hydroxylation sites is 1. The first-order chi connectivity index (χ1) is 10.8. The minimum Gasteiger partial charge on any atom is -0.366 e. The van der Waals surface area contributed by atoms with Crippen molar-refractivity contribution < 1.29 is 0 Å². The highest BCUT2D eigenvalue weighted by Gasteiger charge is 2.19. The van der Waals surface area contributed by atoms with Gasteiger partial charge in [0.1, 0.15) is 5.69 Å². The van der Waals surface area contributed by atoms with Crippen molar-refractivity contribution in [2.75, 3.05) is 0 Å². The number of pyridine rings is 1. The zero-order chi connectivity index (χ0) is 14.9. The van der Waals surface area contributed by atoms with Gasteiger partial charge in [0, 0.05) is 18.0 Å². The molecule has 106 valence electrons. The summed E-state index contributed by atoms with van der Waals surface area (Å²) >= 11 is 0. The maximum atomic E-state index is 12.6. The maximum Gasteiger partial charge on any atom is 0.282 e. The van der Waals surface area contributed by atoms with Crippen molar-refractivity contribution in [1.82, 2.24) is 14.8 Å². The summed E-state index contributed by atoms with van der Waals surface area (Å²) in [6, 6.07) is 19.4. The molecule has 0 saturated carbocycles. The van der Waals surface area contributed by atoms with Gasteiger partial charge in [-0.3, -0.25) is 4.79 Å². The predicted octanol–water partition coefficient (Wildman–Crippen LogP) is 3.33. The van der Waals surface area contributed by atoms with E-state index in [4.69, 9.17) is 0 Å². The van der Waals surface area contributed by atoms with E-state index in [0.717, 1.165) is 16.8 Å². The van der Waals surface area contributed by atoms with Gasteiger partial charge >= 0.3 is 0 Å². The number of hydrogen-bond acceptors (Lipinski definition) is 2. The Bertz CT molecular complexity index is 939. The first-order valence-electron chi connectivity index (χ1n) is 7.05. The van der Waals surface area contributed by atoms with Crippen LogP contribution in [0.3, 0.4) is 0 Å². The minimum absolute atomic E-state index is 0.116. The molecule has 4 nitrogen and oxygen atoms in total. The van der Waals surface area contributed by atoms with Crippen molar-refractivity contribution in [3.8, 4) is 28.1 Å². The summed E-state index contributed by atoms with van der Waals surface area (Å²) in [6.07, 6.45) is 3.58. The molecule has 0 spiro atoms. The van der Waals surface area contributed by atoms with E-state index in [1.807, 2.05) is 66.9 Å². The van der Waals surface area contributed by atoms with Crippen LogP contribution in [0, 0.1) is 0 Å². The van der Waals surface area contributed by atoms with Crippen molar-refractivity contribution in [2.45, 2.75) is 0 Å². The van der Waals surface area contributed by atoms with Gasteiger partial charge in [0.25, 0.3) is 5.56 Å². The number of H-pyrrole nitrogens is 1. The SMILES string of the molecule is O=c1c2c[nH]cc(-c3ccccc3)c-2nn1-c1ccccc1. The second kappa shape index (κ2) is 5.00. The number of rotatable bonds is 2. The minimum atomic E-state index is -0.116. The summed E-state index contributed by atoms with van der Waals surface area (Å²) in [6.45, 7) is 0. The molecule has 0 unspecified atom stereocenters. The molecule has 2 aromatic carbocycles. The fourth-order valence-corrected chi connectivity index (χ4v) is 2.60. The number of benzene rings is 2. The molecule has 2 aliphatic rings. The summed E-state index contributed by atoms with van der Waals surface area (Å²) in [5.41, 5.74) is 3.90. The molecule has 0 aromatic heterocycles. The highest BCUT2D eigenvalue weighted by molar-refractivity contribution is 5.80. The average Bonchev–Trinajstić information content (AvgIpc) is 2.94. The van der Waals surface area contributed by atoms with E-state index < -0.39 is 0 Å². The Morgan fingerprint density at radius 2 is 1.45 bits per heavy atom. The molecule has 0 saturated heterocycles. The van der Waals surface area contributed by atoms with Crippen LogP contribution in [0.5, 0.6) is 0 Å². The molecule has 0 amide bonds. The van der Waals surface area contributed by atoms with E-state index in [2.05, 4.69) is 10.1 Å². The maximum absolute atomic E-state index is 12.6. The van der Waals surface area contributed by atoms with Crippen molar-refractivity contribution in [2.24, 2.45) is 0 Å². The average molecular weight is 287 g/mol. The molecule has 4 rings (SSSR count). The number of aromatic nitrogens is 3. The lowest BCUT2D eigenvalue weighted by atomic mass is 10.0. The van der Waals surface area contributed by atoms with Crippen LogP contribution in [-0.2, 0) is 0 Å². The Morgan fingerprint density at radius 1 is 0.818 bits per heavy atom. The van der Waals surface area contributed by atoms with Gasteiger partial charge in [-0.25, -0.2) is 0 Å². The Hall–Kier alpha value is -3.14. The lowest BCUT2D eigenvalue weighted by molar-refractivity contribution is 0.858. The smallest absolute Gasteiger partial charge is 0.282 e. The zero-order valence-corrected chi connectivity index (χ0v) is 11.7. The second-order valence-corrected chi connectivity index (χ2v) is 5.05. The quantitative estimate of drug-likeness (QED) is 0.615. The highest BCUT2D eigenvalue weighted by Crippen LogP contribution is 2.29. The first kappa shape index (κ1) is 12.6. The Morgan fingerprint density at radius 3 is 2.18 bits per heavy atom. The summed E-state index contributed by atoms with van der Waals surface area (Å²) < 4.78 is 1.45. The number of hydrogen-bond donors (Lipinski definition) is 1. The van der Waals surface area contributed by atoms with Gasteiger partial charge in [-0.15, -0.1) is 0 Å². The molecule has 1 N–H and O–H groups in total. The Balaban J connectivity index is 1.98. The van der Waals surface area contributed by atoms with Gasteiger partial charge in [0.2, 0.25) is 0 Å². The molecular weight excluding hydrogens is 274 g/mol. The van der Waals surface area contributed by atoms with E-state index in [9.17, 15) is 4.79 Å². The third-order valence-corrected chi connectivity index (χ3v) is 3.67. The molecule has 2 aliphatic heterocycles. The van der Waals surface area contributed by atoms with Crippen LogP contribution < -0.4 is 5.56 Å². The Kier molecular flexibility index (Phi) is 2.86. The lowest BCUT2D eigenvalue weighted by Gasteiger charge is -2.04. The highest BCUT2D eigenvalue weighted by atomic mass is 16.1. The largest absolute Gasteiger partial charge is 0.366 e. The molecule has 0 atom stereocenters. The molecule has 2 aromatic rings. The number of nitrogens with zero attached hydrogens (tertiary/aromatic N) is 2. The monoisotopic (exact) mass is 287 g/mol. The van der Waals surface area contributed by atoms with Gasteiger partial charge in [0.05, 0.1) is 11.3 Å². The van der Waals surface area contributed by atoms with Crippen LogP contribution in [-0.4, -0.2) is 14.8 Å². The van der Waals surface area contributed by atoms with E-state index >= 15 is 0 Å².